The van der Waals surface area contributed by atoms with Crippen LogP contribution in [-0.4, -0.2) is 42.6 Å². The number of hydrogen-bond donors (Lipinski definition) is 1. The molecule has 0 radical (unpaired) electrons. The van der Waals surface area contributed by atoms with Gasteiger partial charge in [0.15, 0.2) is 5.13 Å². The van der Waals surface area contributed by atoms with Crippen molar-refractivity contribution in [2.24, 2.45) is 5.92 Å². The monoisotopic (exact) mass is 290 g/mol. The first-order valence-electron chi connectivity index (χ1n) is 7.25. The zero-order chi connectivity index (χ0) is 14.1. The molecule has 20 heavy (non-hydrogen) atoms. The Balaban J connectivity index is 1.69. The number of hydrogen-bond acceptors (Lipinski definition) is 5. The first-order chi connectivity index (χ1) is 9.61. The Morgan fingerprint density at radius 1 is 1.25 bits per heavy atom. The Hall–Kier alpha value is -1.33. The third-order valence-corrected chi connectivity index (χ3v) is 4.60. The molecule has 3 rings (SSSR count). The minimum absolute atomic E-state index is 0.652. The van der Waals surface area contributed by atoms with Gasteiger partial charge in [-0.3, -0.25) is 4.90 Å². The van der Waals surface area contributed by atoms with E-state index in [1.165, 1.54) is 16.9 Å². The van der Waals surface area contributed by atoms with Gasteiger partial charge in [-0.1, -0.05) is 25.2 Å². The van der Waals surface area contributed by atoms with Crippen LogP contribution in [0, 0.1) is 5.92 Å². The molecule has 0 atom stereocenters. The molecule has 4 nitrogen and oxygen atoms in total. The van der Waals surface area contributed by atoms with Crippen LogP contribution in [-0.2, 0) is 0 Å². The fourth-order valence-electron chi connectivity index (χ4n) is 2.83. The topological polar surface area (TPSA) is 45.4 Å². The molecule has 2 aromatic rings. The van der Waals surface area contributed by atoms with Gasteiger partial charge in [0.2, 0.25) is 0 Å². The average Bonchev–Trinajstić information content (AvgIpc) is 2.78. The van der Waals surface area contributed by atoms with E-state index in [1.807, 2.05) is 0 Å². The van der Waals surface area contributed by atoms with E-state index in [4.69, 9.17) is 5.73 Å². The lowest BCUT2D eigenvalue weighted by Gasteiger charge is -2.36. The number of nitrogen functional groups attached to an aromatic ring is 1. The summed E-state index contributed by atoms with van der Waals surface area (Å²) in [5.41, 5.74) is 8.08. The molecule has 1 aliphatic rings. The first-order valence-corrected chi connectivity index (χ1v) is 8.07. The molecule has 0 unspecified atom stereocenters. The van der Waals surface area contributed by atoms with E-state index in [0.29, 0.717) is 5.13 Å². The van der Waals surface area contributed by atoms with E-state index < -0.39 is 0 Å². The number of benzene rings is 1. The largest absolute Gasteiger partial charge is 0.375 e. The van der Waals surface area contributed by atoms with E-state index >= 15 is 0 Å². The van der Waals surface area contributed by atoms with Crippen LogP contribution in [0.15, 0.2) is 18.2 Å². The summed E-state index contributed by atoms with van der Waals surface area (Å²) in [5, 5.41) is 0.652. The van der Waals surface area contributed by atoms with Gasteiger partial charge >= 0.3 is 0 Å². The van der Waals surface area contributed by atoms with Gasteiger partial charge in [0.1, 0.15) is 0 Å². The van der Waals surface area contributed by atoms with Crippen molar-refractivity contribution in [2.75, 3.05) is 43.4 Å². The number of nitrogens with two attached hydrogens (primary N) is 1. The van der Waals surface area contributed by atoms with Crippen molar-refractivity contribution in [1.82, 2.24) is 9.88 Å². The molecule has 1 aliphatic heterocycles. The maximum atomic E-state index is 5.77. The maximum Gasteiger partial charge on any atom is 0.181 e. The van der Waals surface area contributed by atoms with Crippen LogP contribution in [0.1, 0.15) is 13.8 Å². The van der Waals surface area contributed by atoms with Crippen molar-refractivity contribution in [1.29, 1.82) is 0 Å². The Kier molecular flexibility index (Phi) is 3.81. The van der Waals surface area contributed by atoms with Gasteiger partial charge in [-0.2, -0.15) is 0 Å². The van der Waals surface area contributed by atoms with E-state index in [2.05, 4.69) is 46.8 Å². The number of fused-ring (bicyclic) bond motifs is 1. The fraction of sp³-hybridized carbons (Fsp3) is 0.533. The van der Waals surface area contributed by atoms with Gasteiger partial charge in [0, 0.05) is 38.4 Å². The Bertz CT molecular complexity index is 585. The molecule has 1 aromatic carbocycles. The van der Waals surface area contributed by atoms with Crippen molar-refractivity contribution in [3.63, 3.8) is 0 Å². The molecule has 108 valence electrons. The van der Waals surface area contributed by atoms with Crippen molar-refractivity contribution < 1.29 is 0 Å². The summed E-state index contributed by atoms with van der Waals surface area (Å²) < 4.78 is 1.18. The lowest BCUT2D eigenvalue weighted by molar-refractivity contribution is 0.231. The maximum absolute atomic E-state index is 5.77. The second-order valence-electron chi connectivity index (χ2n) is 5.89. The van der Waals surface area contributed by atoms with Crippen LogP contribution in [0.5, 0.6) is 0 Å². The normalized spacial score (nSPS) is 17.2. The van der Waals surface area contributed by atoms with Crippen molar-refractivity contribution in [3.05, 3.63) is 18.2 Å². The average molecular weight is 290 g/mol. The molecule has 1 aromatic heterocycles. The molecular weight excluding hydrogens is 268 g/mol. The second-order valence-corrected chi connectivity index (χ2v) is 6.95. The highest BCUT2D eigenvalue weighted by Gasteiger charge is 2.18. The Morgan fingerprint density at radius 2 is 2.00 bits per heavy atom. The molecule has 2 N–H and O–H groups in total. The molecule has 1 fully saturated rings. The zero-order valence-corrected chi connectivity index (χ0v) is 13.0. The summed E-state index contributed by atoms with van der Waals surface area (Å²) in [6.45, 7) is 10.3. The number of nitrogens with zero attached hydrogens (tertiary/aromatic N) is 3. The van der Waals surface area contributed by atoms with E-state index in [9.17, 15) is 0 Å². The summed E-state index contributed by atoms with van der Waals surface area (Å²) in [5.74, 6) is 0.748. The van der Waals surface area contributed by atoms with Crippen molar-refractivity contribution in [3.8, 4) is 0 Å². The summed E-state index contributed by atoms with van der Waals surface area (Å²) in [6.07, 6.45) is 0. The summed E-state index contributed by atoms with van der Waals surface area (Å²) in [7, 11) is 0. The molecule has 0 aliphatic carbocycles. The van der Waals surface area contributed by atoms with Crippen LogP contribution in [0.2, 0.25) is 0 Å². The zero-order valence-electron chi connectivity index (χ0n) is 12.2. The first kappa shape index (κ1) is 13.6. The van der Waals surface area contributed by atoms with Gasteiger partial charge in [-0.15, -0.1) is 0 Å². The van der Waals surface area contributed by atoms with Crippen molar-refractivity contribution in [2.45, 2.75) is 13.8 Å². The van der Waals surface area contributed by atoms with E-state index in [0.717, 1.165) is 37.6 Å². The highest BCUT2D eigenvalue weighted by molar-refractivity contribution is 7.22. The van der Waals surface area contributed by atoms with E-state index in [1.54, 1.807) is 11.3 Å². The molecule has 0 bridgehead atoms. The standard InChI is InChI=1S/C15H22N4S/c1-11(2)10-18-5-7-19(8-6-18)12-3-4-13-14(9-12)20-15(16)17-13/h3-4,9,11H,5-8,10H2,1-2H3,(H2,16,17). The minimum Gasteiger partial charge on any atom is -0.375 e. The van der Waals surface area contributed by atoms with Crippen LogP contribution < -0.4 is 10.6 Å². The van der Waals surface area contributed by atoms with Crippen LogP contribution in [0.4, 0.5) is 10.8 Å². The SMILES string of the molecule is CC(C)CN1CCN(c2ccc3nc(N)sc3c2)CC1. The predicted octanol–water partition coefficient (Wildman–Crippen LogP) is 2.66. The second kappa shape index (κ2) is 5.58. The highest BCUT2D eigenvalue weighted by Crippen LogP contribution is 2.28. The van der Waals surface area contributed by atoms with Gasteiger partial charge in [-0.05, 0) is 24.1 Å². The molecule has 2 heterocycles. The molecular formula is C15H22N4S. The molecule has 0 saturated carbocycles. The third kappa shape index (κ3) is 2.88. The Labute approximate surface area is 124 Å². The third-order valence-electron chi connectivity index (χ3n) is 3.75. The molecule has 5 heteroatoms. The number of aromatic nitrogens is 1. The van der Waals surface area contributed by atoms with E-state index in [-0.39, 0.29) is 0 Å². The summed E-state index contributed by atoms with van der Waals surface area (Å²) in [4.78, 5) is 9.34. The lowest BCUT2D eigenvalue weighted by atomic mass is 10.2. The van der Waals surface area contributed by atoms with Crippen LogP contribution >= 0.6 is 11.3 Å². The molecule has 1 saturated heterocycles. The molecule has 0 spiro atoms. The van der Waals surface area contributed by atoms with Gasteiger partial charge in [-0.25, -0.2) is 4.98 Å². The smallest absolute Gasteiger partial charge is 0.181 e. The number of thiazole rings is 1. The van der Waals surface area contributed by atoms with Gasteiger partial charge in [0.25, 0.3) is 0 Å². The number of piperazine rings is 1. The number of rotatable bonds is 3. The Morgan fingerprint density at radius 3 is 2.70 bits per heavy atom. The fourth-order valence-corrected chi connectivity index (χ4v) is 3.60. The quantitative estimate of drug-likeness (QED) is 0.944. The number of anilines is 2. The minimum atomic E-state index is 0.652. The molecule has 0 amide bonds. The van der Waals surface area contributed by atoms with Crippen molar-refractivity contribution >= 4 is 32.4 Å². The summed E-state index contributed by atoms with van der Waals surface area (Å²) in [6, 6.07) is 6.47. The van der Waals surface area contributed by atoms with Crippen LogP contribution in [0.25, 0.3) is 10.2 Å². The summed E-state index contributed by atoms with van der Waals surface area (Å²) >= 11 is 1.57. The highest BCUT2D eigenvalue weighted by atomic mass is 32.1. The van der Waals surface area contributed by atoms with Gasteiger partial charge < -0.3 is 10.6 Å². The lowest BCUT2D eigenvalue weighted by Crippen LogP contribution is -2.47. The predicted molar refractivity (Wildman–Crippen MR) is 87.5 cm³/mol. The van der Waals surface area contributed by atoms with Crippen LogP contribution in [0.3, 0.4) is 0 Å². The van der Waals surface area contributed by atoms with Gasteiger partial charge in [0.05, 0.1) is 10.2 Å².